The Kier molecular flexibility index (Phi) is 4.79. The second kappa shape index (κ2) is 6.98. The van der Waals surface area contributed by atoms with Crippen molar-refractivity contribution in [3.63, 3.8) is 0 Å². The Morgan fingerprint density at radius 3 is 2.52 bits per heavy atom. The summed E-state index contributed by atoms with van der Waals surface area (Å²) in [6.07, 6.45) is 0. The van der Waals surface area contributed by atoms with Gasteiger partial charge in [-0.1, -0.05) is 12.1 Å². The molecule has 3 rings (SSSR count). The highest BCUT2D eigenvalue weighted by Crippen LogP contribution is 2.27. The molecule has 1 heterocycles. The van der Waals surface area contributed by atoms with E-state index in [2.05, 4.69) is 31.3 Å². The van der Waals surface area contributed by atoms with Crippen LogP contribution in [0.25, 0.3) is 10.2 Å². The maximum absolute atomic E-state index is 5.37. The molecule has 1 unspecified atom stereocenters. The molecule has 0 saturated heterocycles. The highest BCUT2D eigenvalue weighted by Gasteiger charge is 2.12. The molecule has 3 aromatic rings. The van der Waals surface area contributed by atoms with Crippen LogP contribution in [0.15, 0.2) is 42.5 Å². The number of hydrogen-bond acceptors (Lipinski definition) is 4. The third-order valence-electron chi connectivity index (χ3n) is 3.75. The smallest absolute Gasteiger partial charge is 0.161 e. The maximum Gasteiger partial charge on any atom is 0.161 e. The molecular formula is C18H21N2O2S+. The van der Waals surface area contributed by atoms with Gasteiger partial charge in [0.1, 0.15) is 18.1 Å². The predicted molar refractivity (Wildman–Crippen MR) is 93.5 cm³/mol. The van der Waals surface area contributed by atoms with E-state index in [1.165, 1.54) is 20.2 Å². The van der Waals surface area contributed by atoms with Crippen LogP contribution in [0.2, 0.25) is 0 Å². The number of thiazole rings is 1. The highest BCUT2D eigenvalue weighted by molar-refractivity contribution is 7.18. The quantitative estimate of drug-likeness (QED) is 0.755. The number of methoxy groups -OCH3 is 2. The molecule has 0 bridgehead atoms. The number of nitrogens with one attached hydrogen (secondary N) is 1. The molecular weight excluding hydrogens is 308 g/mol. The first-order valence-corrected chi connectivity index (χ1v) is 8.38. The van der Waals surface area contributed by atoms with Crippen molar-refractivity contribution in [2.45, 2.75) is 13.1 Å². The van der Waals surface area contributed by atoms with Crippen molar-refractivity contribution in [3.05, 3.63) is 53.0 Å². The fourth-order valence-corrected chi connectivity index (χ4v) is 3.74. The average molecular weight is 329 g/mol. The Balaban J connectivity index is 1.70. The van der Waals surface area contributed by atoms with Gasteiger partial charge in [0.25, 0.3) is 0 Å². The van der Waals surface area contributed by atoms with Crippen LogP contribution < -0.4 is 14.4 Å². The average Bonchev–Trinajstić information content (AvgIpc) is 2.96. The number of para-hydroxylation sites is 1. The number of fused-ring (bicyclic) bond motifs is 1. The van der Waals surface area contributed by atoms with E-state index in [4.69, 9.17) is 14.5 Å². The zero-order chi connectivity index (χ0) is 16.2. The van der Waals surface area contributed by atoms with Crippen molar-refractivity contribution in [1.82, 2.24) is 4.98 Å². The first kappa shape index (κ1) is 15.8. The lowest BCUT2D eigenvalue weighted by Gasteiger charge is -2.14. The number of ether oxygens (including phenoxy) is 2. The molecule has 0 aliphatic heterocycles. The summed E-state index contributed by atoms with van der Waals surface area (Å²) < 4.78 is 11.9. The van der Waals surface area contributed by atoms with Crippen LogP contribution in [0.3, 0.4) is 0 Å². The summed E-state index contributed by atoms with van der Waals surface area (Å²) in [6, 6.07) is 14.4. The van der Waals surface area contributed by atoms with Crippen molar-refractivity contribution in [1.29, 1.82) is 0 Å². The van der Waals surface area contributed by atoms with E-state index in [9.17, 15) is 0 Å². The normalized spacial score (nSPS) is 12.3. The molecule has 1 aromatic heterocycles. The second-order valence-electron chi connectivity index (χ2n) is 5.58. The van der Waals surface area contributed by atoms with E-state index >= 15 is 0 Å². The lowest BCUT2D eigenvalue weighted by Crippen LogP contribution is -3.06. The first-order chi connectivity index (χ1) is 11.2. The monoisotopic (exact) mass is 329 g/mol. The number of aromatic nitrogens is 1. The van der Waals surface area contributed by atoms with Gasteiger partial charge in [0.2, 0.25) is 0 Å². The van der Waals surface area contributed by atoms with Crippen LogP contribution in [0.4, 0.5) is 0 Å². The van der Waals surface area contributed by atoms with Crippen LogP contribution in [0.5, 0.6) is 11.5 Å². The first-order valence-electron chi connectivity index (χ1n) is 7.56. The summed E-state index contributed by atoms with van der Waals surface area (Å²) in [6.45, 7) is 1.82. The predicted octanol–water partition coefficient (Wildman–Crippen LogP) is 2.53. The van der Waals surface area contributed by atoms with E-state index in [0.29, 0.717) is 0 Å². The largest absolute Gasteiger partial charge is 0.493 e. The maximum atomic E-state index is 5.37. The Bertz CT molecular complexity index is 768. The number of hydrogen-bond donors (Lipinski definition) is 1. The summed E-state index contributed by atoms with van der Waals surface area (Å²) in [5.74, 6) is 1.54. The fraction of sp³-hybridized carbons (Fsp3) is 0.278. The molecule has 1 atom stereocenters. The summed E-state index contributed by atoms with van der Waals surface area (Å²) >= 11 is 1.77. The van der Waals surface area contributed by atoms with Gasteiger partial charge in [-0.2, -0.15) is 0 Å². The minimum absolute atomic E-state index is 0.764. The van der Waals surface area contributed by atoms with E-state index in [0.717, 1.165) is 30.1 Å². The van der Waals surface area contributed by atoms with Crippen molar-refractivity contribution >= 4 is 21.6 Å². The van der Waals surface area contributed by atoms with Crippen molar-refractivity contribution < 1.29 is 14.4 Å². The molecule has 0 saturated carbocycles. The summed E-state index contributed by atoms with van der Waals surface area (Å²) in [4.78, 5) is 6.09. The lowest BCUT2D eigenvalue weighted by molar-refractivity contribution is -0.907. The van der Waals surface area contributed by atoms with E-state index in [-0.39, 0.29) is 0 Å². The van der Waals surface area contributed by atoms with Gasteiger partial charge < -0.3 is 14.4 Å². The van der Waals surface area contributed by atoms with Crippen molar-refractivity contribution in [3.8, 4) is 11.5 Å². The topological polar surface area (TPSA) is 35.8 Å². The molecule has 1 N–H and O–H groups in total. The van der Waals surface area contributed by atoms with Crippen LogP contribution in [0, 0.1) is 0 Å². The third-order valence-corrected chi connectivity index (χ3v) is 4.78. The Morgan fingerprint density at radius 2 is 1.78 bits per heavy atom. The molecule has 23 heavy (non-hydrogen) atoms. The number of nitrogens with zero attached hydrogens (tertiary/aromatic N) is 1. The third kappa shape index (κ3) is 3.63. The number of benzene rings is 2. The van der Waals surface area contributed by atoms with E-state index in [1.54, 1.807) is 25.6 Å². The van der Waals surface area contributed by atoms with Gasteiger partial charge >= 0.3 is 0 Å². The number of quaternary nitrogens is 1. The summed E-state index contributed by atoms with van der Waals surface area (Å²) in [5.41, 5.74) is 2.31. The minimum Gasteiger partial charge on any atom is -0.493 e. The van der Waals surface area contributed by atoms with Crippen molar-refractivity contribution in [2.24, 2.45) is 0 Å². The van der Waals surface area contributed by atoms with Gasteiger partial charge in [-0.3, -0.25) is 0 Å². The van der Waals surface area contributed by atoms with Gasteiger partial charge in [-0.25, -0.2) is 4.98 Å². The Morgan fingerprint density at radius 1 is 1.00 bits per heavy atom. The van der Waals surface area contributed by atoms with Crippen LogP contribution in [0.1, 0.15) is 10.6 Å². The molecule has 0 radical (unpaired) electrons. The summed E-state index contributed by atoms with van der Waals surface area (Å²) in [7, 11) is 5.50. The second-order valence-corrected chi connectivity index (χ2v) is 6.69. The Hall–Kier alpha value is -2.11. The highest BCUT2D eigenvalue weighted by atomic mass is 32.1. The molecule has 4 nitrogen and oxygen atoms in total. The van der Waals surface area contributed by atoms with Crippen LogP contribution >= 0.6 is 11.3 Å². The van der Waals surface area contributed by atoms with Gasteiger partial charge in [-0.05, 0) is 30.3 Å². The van der Waals surface area contributed by atoms with Crippen LogP contribution in [-0.2, 0) is 13.1 Å². The number of rotatable bonds is 6. The van der Waals surface area contributed by atoms with E-state index < -0.39 is 0 Å². The van der Waals surface area contributed by atoms with Gasteiger partial charge in [0.05, 0.1) is 31.5 Å². The minimum atomic E-state index is 0.764. The zero-order valence-electron chi connectivity index (χ0n) is 13.6. The Labute approximate surface area is 140 Å². The fourth-order valence-electron chi connectivity index (χ4n) is 2.66. The lowest BCUT2D eigenvalue weighted by atomic mass is 10.2. The molecule has 120 valence electrons. The van der Waals surface area contributed by atoms with Crippen LogP contribution in [-0.4, -0.2) is 26.3 Å². The molecule has 2 aromatic carbocycles. The molecule has 0 aliphatic rings. The molecule has 0 amide bonds. The van der Waals surface area contributed by atoms with Crippen molar-refractivity contribution in [2.75, 3.05) is 21.3 Å². The summed E-state index contributed by atoms with van der Waals surface area (Å²) in [5, 5.41) is 1.17. The molecule has 0 spiro atoms. The molecule has 0 aliphatic carbocycles. The standard InChI is InChI=1S/C18H20N2O2S/c1-20(11-13-8-9-15(21-2)16(10-13)22-3)12-18-19-14-6-4-5-7-17(14)23-18/h4-10H,11-12H2,1-3H3/p+1. The van der Waals surface area contributed by atoms with E-state index in [1.807, 2.05) is 18.2 Å². The van der Waals surface area contributed by atoms with Gasteiger partial charge in [-0.15, -0.1) is 11.3 Å². The molecule has 5 heteroatoms. The van der Waals surface area contributed by atoms with Gasteiger partial charge in [0.15, 0.2) is 11.5 Å². The van der Waals surface area contributed by atoms with Gasteiger partial charge in [0, 0.05) is 5.56 Å². The molecule has 0 fully saturated rings. The zero-order valence-corrected chi connectivity index (χ0v) is 14.4. The SMILES string of the molecule is COc1ccc(C[NH+](C)Cc2nc3ccccc3s2)cc1OC.